The standard InChI is InChI=1S/C29H35N7O3/c1-6-25(37)32-20-12-10-19(11-13-20)27(38)34-22-9-7-8-21(16-22)33-26-23-18-36(28(39)30-14-15-35(4)5)29(2,3)24(23)17-31-26/h6-13,16H,1,14-15,17-18H2,2-5H3,(H,30,39)(H,31,33)(H,32,37)(H,34,38). The van der Waals surface area contributed by atoms with Crippen LogP contribution < -0.4 is 21.3 Å². The lowest BCUT2D eigenvalue weighted by atomic mass is 9.94. The van der Waals surface area contributed by atoms with Crippen LogP contribution in [-0.4, -0.2) is 79.3 Å². The van der Waals surface area contributed by atoms with Crippen LogP contribution in [0.3, 0.4) is 0 Å². The molecule has 4 N–H and O–H groups in total. The second-order valence-electron chi connectivity index (χ2n) is 10.2. The molecule has 2 aromatic carbocycles. The number of nitrogens with zero attached hydrogens (tertiary/aromatic N) is 3. The van der Waals surface area contributed by atoms with Gasteiger partial charge in [0.2, 0.25) is 5.91 Å². The highest BCUT2D eigenvalue weighted by atomic mass is 16.2. The van der Waals surface area contributed by atoms with Crippen LogP contribution in [0.15, 0.2) is 77.3 Å². The van der Waals surface area contributed by atoms with Crippen LogP contribution in [0.4, 0.5) is 21.9 Å². The van der Waals surface area contributed by atoms with Crippen molar-refractivity contribution in [3.05, 3.63) is 77.9 Å². The lowest BCUT2D eigenvalue weighted by Gasteiger charge is -2.34. The summed E-state index contributed by atoms with van der Waals surface area (Å²) in [5.41, 5.74) is 4.14. The number of anilines is 3. The van der Waals surface area contributed by atoms with Crippen molar-refractivity contribution < 1.29 is 14.4 Å². The third-order valence-corrected chi connectivity index (χ3v) is 6.84. The summed E-state index contributed by atoms with van der Waals surface area (Å²) in [7, 11) is 3.95. The van der Waals surface area contributed by atoms with Crippen molar-refractivity contribution in [1.82, 2.24) is 15.1 Å². The molecule has 39 heavy (non-hydrogen) atoms. The van der Waals surface area contributed by atoms with Gasteiger partial charge in [0.25, 0.3) is 5.91 Å². The average molecular weight is 530 g/mol. The smallest absolute Gasteiger partial charge is 0.318 e. The van der Waals surface area contributed by atoms with Crippen molar-refractivity contribution in [2.24, 2.45) is 4.99 Å². The fourth-order valence-corrected chi connectivity index (χ4v) is 4.58. The Balaban J connectivity index is 1.39. The molecule has 0 bridgehead atoms. The second-order valence-corrected chi connectivity index (χ2v) is 10.2. The van der Waals surface area contributed by atoms with Gasteiger partial charge in [0, 0.05) is 41.3 Å². The Morgan fingerprint density at radius 3 is 2.46 bits per heavy atom. The van der Waals surface area contributed by atoms with Crippen LogP contribution in [-0.2, 0) is 4.79 Å². The number of likely N-dealkylation sites (N-methyl/N-ethyl adjacent to an activating group) is 1. The van der Waals surface area contributed by atoms with Gasteiger partial charge >= 0.3 is 6.03 Å². The largest absolute Gasteiger partial charge is 0.340 e. The van der Waals surface area contributed by atoms with Crippen LogP contribution in [0.5, 0.6) is 0 Å². The topological polar surface area (TPSA) is 118 Å². The predicted molar refractivity (Wildman–Crippen MR) is 155 cm³/mol. The first kappa shape index (κ1) is 27.6. The quantitative estimate of drug-likeness (QED) is 0.390. The minimum Gasteiger partial charge on any atom is -0.340 e. The van der Waals surface area contributed by atoms with E-state index in [2.05, 4.69) is 41.7 Å². The predicted octanol–water partition coefficient (Wildman–Crippen LogP) is 3.55. The van der Waals surface area contributed by atoms with Gasteiger partial charge in [-0.15, -0.1) is 0 Å². The summed E-state index contributed by atoms with van der Waals surface area (Å²) >= 11 is 0. The first-order valence-corrected chi connectivity index (χ1v) is 12.8. The van der Waals surface area contributed by atoms with Gasteiger partial charge < -0.3 is 31.1 Å². The van der Waals surface area contributed by atoms with E-state index >= 15 is 0 Å². The molecule has 10 nitrogen and oxygen atoms in total. The van der Waals surface area contributed by atoms with Gasteiger partial charge in [0.05, 0.1) is 18.6 Å². The molecule has 0 fully saturated rings. The van der Waals surface area contributed by atoms with Gasteiger partial charge in [-0.05, 0) is 82.1 Å². The minimum absolute atomic E-state index is 0.0866. The average Bonchev–Trinajstić information content (AvgIpc) is 3.41. The molecule has 0 unspecified atom stereocenters. The van der Waals surface area contributed by atoms with Crippen molar-refractivity contribution in [2.45, 2.75) is 19.4 Å². The lowest BCUT2D eigenvalue weighted by Crippen LogP contribution is -2.51. The van der Waals surface area contributed by atoms with Crippen molar-refractivity contribution in [2.75, 3.05) is 56.2 Å². The molecule has 2 aliphatic heterocycles. The number of carbonyl (C=O) groups excluding carboxylic acids is 3. The monoisotopic (exact) mass is 529 g/mol. The molecular formula is C29H35N7O3. The minimum atomic E-state index is -0.440. The highest BCUT2D eigenvalue weighted by Crippen LogP contribution is 2.38. The molecule has 4 rings (SSSR count). The summed E-state index contributed by atoms with van der Waals surface area (Å²) < 4.78 is 0. The van der Waals surface area contributed by atoms with Crippen LogP contribution in [0.25, 0.3) is 0 Å². The molecule has 2 heterocycles. The molecule has 2 aliphatic rings. The Morgan fingerprint density at radius 2 is 1.77 bits per heavy atom. The maximum Gasteiger partial charge on any atom is 0.318 e. The highest BCUT2D eigenvalue weighted by molar-refractivity contribution is 6.12. The van der Waals surface area contributed by atoms with Crippen molar-refractivity contribution in [1.29, 1.82) is 0 Å². The number of amides is 4. The number of aliphatic imine (C=N–C) groups is 1. The van der Waals surface area contributed by atoms with E-state index in [0.29, 0.717) is 36.6 Å². The molecule has 0 spiro atoms. The summed E-state index contributed by atoms with van der Waals surface area (Å²) in [6.07, 6.45) is 1.18. The lowest BCUT2D eigenvalue weighted by molar-refractivity contribution is -0.111. The molecule has 2 aromatic rings. The van der Waals surface area contributed by atoms with E-state index in [1.807, 2.05) is 42.1 Å². The molecule has 10 heteroatoms. The molecule has 204 valence electrons. The maximum atomic E-state index is 12.9. The number of amidine groups is 1. The number of carbonyl (C=O) groups is 3. The Bertz CT molecular complexity index is 1340. The van der Waals surface area contributed by atoms with E-state index in [1.54, 1.807) is 30.3 Å². The van der Waals surface area contributed by atoms with Gasteiger partial charge in [-0.2, -0.15) is 0 Å². The van der Waals surface area contributed by atoms with Crippen molar-refractivity contribution >= 4 is 40.7 Å². The van der Waals surface area contributed by atoms with Gasteiger partial charge in [-0.25, -0.2) is 4.79 Å². The molecule has 4 amide bonds. The number of nitrogens with one attached hydrogen (secondary N) is 4. The zero-order valence-electron chi connectivity index (χ0n) is 22.8. The number of urea groups is 1. The SMILES string of the molecule is C=CC(=O)Nc1ccc(C(=O)Nc2cccc(NC3=NCC4=C3CN(C(=O)NCCN(C)C)C4(C)C)c2)cc1. The third-order valence-electron chi connectivity index (χ3n) is 6.84. The summed E-state index contributed by atoms with van der Waals surface area (Å²) in [4.78, 5) is 45.7. The van der Waals surface area contributed by atoms with Crippen molar-refractivity contribution in [3.63, 3.8) is 0 Å². The first-order valence-electron chi connectivity index (χ1n) is 12.8. The van der Waals surface area contributed by atoms with Crippen molar-refractivity contribution in [3.8, 4) is 0 Å². The Kier molecular flexibility index (Phi) is 8.15. The van der Waals surface area contributed by atoms with E-state index in [4.69, 9.17) is 4.99 Å². The molecule has 0 saturated heterocycles. The van der Waals surface area contributed by atoms with E-state index in [1.165, 1.54) is 6.08 Å². The summed E-state index contributed by atoms with van der Waals surface area (Å²) in [5.74, 6) is 0.149. The third kappa shape index (κ3) is 6.35. The summed E-state index contributed by atoms with van der Waals surface area (Å²) in [5, 5.41) is 12.0. The molecule has 0 saturated carbocycles. The number of hydrogen-bond acceptors (Lipinski definition) is 6. The molecule has 0 aromatic heterocycles. The molecule has 0 radical (unpaired) electrons. The van der Waals surface area contributed by atoms with Crippen LogP contribution in [0.1, 0.15) is 24.2 Å². The molecular weight excluding hydrogens is 494 g/mol. The first-order chi connectivity index (χ1) is 18.6. The fourth-order valence-electron chi connectivity index (χ4n) is 4.58. The van der Waals surface area contributed by atoms with E-state index in [-0.39, 0.29) is 17.8 Å². The van der Waals surface area contributed by atoms with Crippen LogP contribution in [0.2, 0.25) is 0 Å². The van der Waals surface area contributed by atoms with E-state index in [9.17, 15) is 14.4 Å². The van der Waals surface area contributed by atoms with Crippen LogP contribution in [0, 0.1) is 0 Å². The fraction of sp³-hybridized carbons (Fsp3) is 0.310. The number of rotatable bonds is 8. The van der Waals surface area contributed by atoms with E-state index in [0.717, 1.165) is 29.2 Å². The normalized spacial score (nSPS) is 15.5. The van der Waals surface area contributed by atoms with Gasteiger partial charge in [0.15, 0.2) is 0 Å². The highest BCUT2D eigenvalue weighted by Gasteiger charge is 2.45. The Labute approximate surface area is 228 Å². The summed E-state index contributed by atoms with van der Waals surface area (Å²) in [6, 6.07) is 13.9. The zero-order chi connectivity index (χ0) is 28.2. The number of benzene rings is 2. The Morgan fingerprint density at radius 1 is 1.05 bits per heavy atom. The van der Waals surface area contributed by atoms with Gasteiger partial charge in [-0.1, -0.05) is 12.6 Å². The van der Waals surface area contributed by atoms with E-state index < -0.39 is 5.54 Å². The maximum absolute atomic E-state index is 12.9. The van der Waals surface area contributed by atoms with Crippen LogP contribution >= 0.6 is 0 Å². The zero-order valence-corrected chi connectivity index (χ0v) is 22.8. The molecule has 0 aliphatic carbocycles. The van der Waals surface area contributed by atoms with Gasteiger partial charge in [-0.3, -0.25) is 14.6 Å². The molecule has 0 atom stereocenters. The van der Waals surface area contributed by atoms with Gasteiger partial charge in [0.1, 0.15) is 5.84 Å². The second kappa shape index (κ2) is 11.5. The Hall–Kier alpha value is -4.44. The number of hydrogen-bond donors (Lipinski definition) is 4. The summed E-state index contributed by atoms with van der Waals surface area (Å²) in [6.45, 7) is 9.89.